The number of methoxy groups -OCH3 is 1. The number of nitrogens with zero attached hydrogens (tertiary/aromatic N) is 1. The fraction of sp³-hybridized carbons (Fsp3) is 0.320. The van der Waals surface area contributed by atoms with Crippen LogP contribution in [-0.2, 0) is 10.5 Å². The molecule has 172 valence electrons. The molecule has 1 aromatic heterocycles. The molecule has 2 heterocycles. The zero-order valence-electron chi connectivity index (χ0n) is 19.1. The highest BCUT2D eigenvalue weighted by atomic mass is 32.2. The molecule has 0 bridgehead atoms. The van der Waals surface area contributed by atoms with Gasteiger partial charge in [0.2, 0.25) is 5.91 Å². The first kappa shape index (κ1) is 22.9. The van der Waals surface area contributed by atoms with Crippen molar-refractivity contribution in [3.8, 4) is 11.5 Å². The van der Waals surface area contributed by atoms with Gasteiger partial charge in [0.15, 0.2) is 16.7 Å². The van der Waals surface area contributed by atoms with E-state index in [4.69, 9.17) is 9.47 Å². The maximum Gasteiger partial charge on any atom is 0.257 e. The third-order valence-corrected chi connectivity index (χ3v) is 6.43. The first-order valence-electron chi connectivity index (χ1n) is 10.8. The lowest BCUT2D eigenvalue weighted by Gasteiger charge is -2.25. The molecule has 8 heteroatoms. The number of carbonyl (C=O) groups is 1. The monoisotopic (exact) mass is 465 g/mol. The smallest absolute Gasteiger partial charge is 0.257 e. The number of hydrogen-bond acceptors (Lipinski definition) is 6. The largest absolute Gasteiger partial charge is 0.493 e. The van der Waals surface area contributed by atoms with Crippen molar-refractivity contribution < 1.29 is 14.3 Å². The highest BCUT2D eigenvalue weighted by Gasteiger charge is 2.31. The normalized spacial score (nSPS) is 15.2. The zero-order valence-corrected chi connectivity index (χ0v) is 19.9. The number of hydrogen-bond donors (Lipinski definition) is 2. The van der Waals surface area contributed by atoms with E-state index in [0.717, 1.165) is 5.56 Å². The van der Waals surface area contributed by atoms with Crippen molar-refractivity contribution in [2.45, 2.75) is 50.1 Å². The second kappa shape index (κ2) is 9.70. The molecule has 0 fully saturated rings. The summed E-state index contributed by atoms with van der Waals surface area (Å²) in [4.78, 5) is 33.1. The minimum atomic E-state index is -0.428. The van der Waals surface area contributed by atoms with Gasteiger partial charge in [-0.15, -0.1) is 0 Å². The molecular weight excluding hydrogens is 438 g/mol. The van der Waals surface area contributed by atoms with Gasteiger partial charge in [-0.3, -0.25) is 9.59 Å². The van der Waals surface area contributed by atoms with Crippen molar-refractivity contribution in [3.05, 3.63) is 75.1 Å². The second-order valence-corrected chi connectivity index (χ2v) is 9.19. The van der Waals surface area contributed by atoms with Gasteiger partial charge in [-0.25, -0.2) is 4.98 Å². The topological polar surface area (TPSA) is 93.3 Å². The summed E-state index contributed by atoms with van der Waals surface area (Å²) in [5.74, 6) is 1.55. The molecule has 1 amide bonds. The van der Waals surface area contributed by atoms with Crippen LogP contribution in [-0.4, -0.2) is 29.1 Å². The number of aromatic amines is 1. The van der Waals surface area contributed by atoms with Gasteiger partial charge in [-0.1, -0.05) is 42.1 Å². The van der Waals surface area contributed by atoms with E-state index < -0.39 is 5.92 Å². The van der Waals surface area contributed by atoms with E-state index >= 15 is 0 Å². The van der Waals surface area contributed by atoms with Gasteiger partial charge < -0.3 is 19.8 Å². The fourth-order valence-corrected chi connectivity index (χ4v) is 4.81. The van der Waals surface area contributed by atoms with Gasteiger partial charge in [-0.05, 0) is 49.6 Å². The molecule has 2 aromatic carbocycles. The van der Waals surface area contributed by atoms with Gasteiger partial charge in [-0.2, -0.15) is 0 Å². The van der Waals surface area contributed by atoms with Crippen LogP contribution in [0.4, 0.5) is 5.82 Å². The summed E-state index contributed by atoms with van der Waals surface area (Å²) in [6, 6.07) is 13.6. The number of anilines is 1. The van der Waals surface area contributed by atoms with Crippen LogP contribution in [0.3, 0.4) is 0 Å². The molecule has 0 aliphatic carbocycles. The van der Waals surface area contributed by atoms with Crippen LogP contribution in [0.15, 0.2) is 52.4 Å². The van der Waals surface area contributed by atoms with Crippen LogP contribution < -0.4 is 20.3 Å². The number of thioether (sulfide) groups is 1. The summed E-state index contributed by atoms with van der Waals surface area (Å²) in [6.45, 7) is 5.93. The zero-order chi connectivity index (χ0) is 23.5. The van der Waals surface area contributed by atoms with Gasteiger partial charge in [0.25, 0.3) is 5.56 Å². The number of carbonyl (C=O) groups excluding carboxylic acids is 1. The van der Waals surface area contributed by atoms with Crippen LogP contribution in [0.25, 0.3) is 0 Å². The van der Waals surface area contributed by atoms with Gasteiger partial charge >= 0.3 is 0 Å². The maximum atomic E-state index is 13.1. The van der Waals surface area contributed by atoms with E-state index in [1.54, 1.807) is 7.11 Å². The van der Waals surface area contributed by atoms with Crippen LogP contribution >= 0.6 is 11.8 Å². The molecule has 0 saturated carbocycles. The van der Waals surface area contributed by atoms with E-state index in [1.807, 2.05) is 44.2 Å². The Morgan fingerprint density at radius 3 is 2.67 bits per heavy atom. The van der Waals surface area contributed by atoms with Gasteiger partial charge in [0.1, 0.15) is 5.82 Å². The minimum Gasteiger partial charge on any atom is -0.493 e. The molecule has 7 nitrogen and oxygen atoms in total. The van der Waals surface area contributed by atoms with E-state index in [-0.39, 0.29) is 24.0 Å². The van der Waals surface area contributed by atoms with Crippen molar-refractivity contribution in [1.29, 1.82) is 0 Å². The molecule has 0 unspecified atom stereocenters. The highest BCUT2D eigenvalue weighted by Crippen LogP contribution is 2.38. The Hall–Kier alpha value is -3.26. The molecule has 33 heavy (non-hydrogen) atoms. The molecule has 1 aliphatic rings. The summed E-state index contributed by atoms with van der Waals surface area (Å²) in [5, 5.41) is 3.25. The number of fused-ring (bicyclic) bond motifs is 1. The van der Waals surface area contributed by atoms with Crippen LogP contribution in [0.2, 0.25) is 0 Å². The Labute approximate surface area is 196 Å². The van der Waals surface area contributed by atoms with E-state index in [9.17, 15) is 9.59 Å². The van der Waals surface area contributed by atoms with Gasteiger partial charge in [0, 0.05) is 18.1 Å². The number of nitrogens with one attached hydrogen (secondary N) is 2. The first-order chi connectivity index (χ1) is 15.9. The van der Waals surface area contributed by atoms with Crippen LogP contribution in [0.1, 0.15) is 48.4 Å². The summed E-state index contributed by atoms with van der Waals surface area (Å²) in [5.41, 5.74) is 3.35. The molecule has 0 radical (unpaired) electrons. The number of aromatic nitrogens is 2. The minimum absolute atomic E-state index is 0.00595. The summed E-state index contributed by atoms with van der Waals surface area (Å²) >= 11 is 1.43. The molecule has 1 aliphatic heterocycles. The van der Waals surface area contributed by atoms with E-state index in [0.29, 0.717) is 33.8 Å². The average Bonchev–Trinajstić information content (AvgIpc) is 2.77. The predicted octanol–water partition coefficient (Wildman–Crippen LogP) is 4.64. The standard InChI is InChI=1S/C25H27N3O4S/c1-14(2)32-19-10-9-16(11-20(19)31-4)18-12-21(29)26-23-22(18)24(30)28-25(27-23)33-13-17-8-6-5-7-15(17)3/h5-11,14,18H,12-13H2,1-4H3,(H2,26,27,28,29,30)/t18-/m0/s1. The number of aryl methyl sites for hydroxylation is 1. The first-order valence-corrected chi connectivity index (χ1v) is 11.8. The van der Waals surface area contributed by atoms with Crippen molar-refractivity contribution in [3.63, 3.8) is 0 Å². The number of ether oxygens (including phenoxy) is 2. The van der Waals surface area contributed by atoms with Crippen molar-refractivity contribution in [2.24, 2.45) is 0 Å². The lowest BCUT2D eigenvalue weighted by atomic mass is 9.86. The molecule has 0 saturated heterocycles. The molecule has 3 aromatic rings. The SMILES string of the molecule is COc1cc([C@@H]2CC(=O)Nc3nc(SCc4ccccc4C)[nH]c(=O)c32)ccc1OC(C)C. The van der Waals surface area contributed by atoms with Crippen molar-refractivity contribution >= 4 is 23.5 Å². The van der Waals surface area contributed by atoms with Gasteiger partial charge in [0.05, 0.1) is 18.8 Å². The Bertz CT molecular complexity index is 1240. The van der Waals surface area contributed by atoms with E-state index in [1.165, 1.54) is 22.9 Å². The molecule has 0 spiro atoms. The quantitative estimate of drug-likeness (QED) is 0.390. The fourth-order valence-electron chi connectivity index (χ4n) is 3.87. The summed E-state index contributed by atoms with van der Waals surface area (Å²) in [6.07, 6.45) is 0.148. The molecule has 4 rings (SSSR count). The van der Waals surface area contributed by atoms with Crippen molar-refractivity contribution in [2.75, 3.05) is 12.4 Å². The highest BCUT2D eigenvalue weighted by molar-refractivity contribution is 7.98. The third kappa shape index (κ3) is 5.06. The molecule has 1 atom stereocenters. The third-order valence-electron chi connectivity index (χ3n) is 5.51. The number of H-pyrrole nitrogens is 1. The lowest BCUT2D eigenvalue weighted by molar-refractivity contribution is -0.116. The number of amides is 1. The van der Waals surface area contributed by atoms with Crippen molar-refractivity contribution in [1.82, 2.24) is 9.97 Å². The Balaban J connectivity index is 1.66. The predicted molar refractivity (Wildman–Crippen MR) is 129 cm³/mol. The summed E-state index contributed by atoms with van der Waals surface area (Å²) < 4.78 is 11.3. The second-order valence-electron chi connectivity index (χ2n) is 8.23. The molecule has 2 N–H and O–H groups in total. The number of rotatable bonds is 7. The van der Waals surface area contributed by atoms with E-state index in [2.05, 4.69) is 34.3 Å². The van der Waals surface area contributed by atoms with Crippen LogP contribution in [0.5, 0.6) is 11.5 Å². The Kier molecular flexibility index (Phi) is 6.74. The average molecular weight is 466 g/mol. The Morgan fingerprint density at radius 1 is 1.15 bits per heavy atom. The number of benzene rings is 2. The summed E-state index contributed by atoms with van der Waals surface area (Å²) in [7, 11) is 1.57. The van der Waals surface area contributed by atoms with Crippen LogP contribution in [0, 0.1) is 6.92 Å². The maximum absolute atomic E-state index is 13.1. The lowest BCUT2D eigenvalue weighted by Crippen LogP contribution is -2.31. The molecular formula is C25H27N3O4S. The Morgan fingerprint density at radius 2 is 1.94 bits per heavy atom.